The number of phosphoric acid groups is 1. The molecular weight excluding hydrogens is 650 g/mol. The normalized spacial score (nSPS) is 30.3. The van der Waals surface area contributed by atoms with Crippen molar-refractivity contribution in [2.45, 2.75) is 49.1 Å². The summed E-state index contributed by atoms with van der Waals surface area (Å²) >= 11 is 0. The summed E-state index contributed by atoms with van der Waals surface area (Å²) < 4.78 is 52.9. The molecular formula is C20H25N10O13P2+. The van der Waals surface area contributed by atoms with Gasteiger partial charge in [0.2, 0.25) is 5.95 Å². The van der Waals surface area contributed by atoms with Crippen molar-refractivity contribution in [2.75, 3.05) is 24.7 Å². The largest absolute Gasteiger partial charge is 0.694 e. The molecule has 23 nitrogen and oxygen atoms in total. The Balaban J connectivity index is 1.20. The Kier molecular flexibility index (Phi) is 8.36. The SMILES string of the molecule is Nc1nc2c(ncn2[C@@H]2O[C@H](CO[P+](=O)O)C(O)C2OP(=O)(O)OC[C@H]2O[C@@H](n3cnc4c(N)ncnc43)C(O)C2O)c(=O)[nH]1. The van der Waals surface area contributed by atoms with Crippen molar-refractivity contribution in [3.05, 3.63) is 29.3 Å². The number of aromatic nitrogens is 8. The van der Waals surface area contributed by atoms with Gasteiger partial charge in [0.15, 0.2) is 35.1 Å². The predicted octanol–water partition coefficient (Wildman–Crippen LogP) is -2.83. The number of ether oxygens (including phenoxy) is 2. The number of fused-ring (bicyclic) bond motifs is 2. The summed E-state index contributed by atoms with van der Waals surface area (Å²) in [7, 11) is -8.25. The van der Waals surface area contributed by atoms with Gasteiger partial charge in [0.1, 0.15) is 55.1 Å². The van der Waals surface area contributed by atoms with E-state index >= 15 is 0 Å². The Hall–Kier alpha value is -3.57. The van der Waals surface area contributed by atoms with E-state index in [2.05, 4.69) is 34.4 Å². The van der Waals surface area contributed by atoms with Crippen LogP contribution >= 0.6 is 16.1 Å². The van der Waals surface area contributed by atoms with Crippen LogP contribution in [0.15, 0.2) is 23.8 Å². The molecule has 6 unspecified atom stereocenters. The highest BCUT2D eigenvalue weighted by molar-refractivity contribution is 7.47. The van der Waals surface area contributed by atoms with E-state index in [4.69, 9.17) is 34.9 Å². The Bertz CT molecular complexity index is 1850. The fraction of sp³-hybridized carbons (Fsp3) is 0.500. The first-order chi connectivity index (χ1) is 21.3. The molecule has 242 valence electrons. The van der Waals surface area contributed by atoms with Crippen molar-refractivity contribution in [3.63, 3.8) is 0 Å². The summed E-state index contributed by atoms with van der Waals surface area (Å²) in [5.74, 6) is -0.232. The molecule has 4 aromatic heterocycles. The van der Waals surface area contributed by atoms with Crippen molar-refractivity contribution in [1.29, 1.82) is 0 Å². The van der Waals surface area contributed by atoms with E-state index in [9.17, 15) is 34.1 Å². The summed E-state index contributed by atoms with van der Waals surface area (Å²) in [6, 6.07) is 0. The van der Waals surface area contributed by atoms with Gasteiger partial charge in [-0.1, -0.05) is 0 Å². The van der Waals surface area contributed by atoms with Gasteiger partial charge in [-0.05, 0) is 0 Å². The summed E-state index contributed by atoms with van der Waals surface area (Å²) in [5, 5.41) is 32.1. The zero-order valence-electron chi connectivity index (χ0n) is 22.4. The minimum absolute atomic E-state index is 0.0649. The van der Waals surface area contributed by atoms with E-state index in [0.717, 1.165) is 17.2 Å². The quantitative estimate of drug-likeness (QED) is 0.0785. The number of aromatic amines is 1. The minimum atomic E-state index is -5.15. The number of rotatable bonds is 10. The second kappa shape index (κ2) is 12.0. The number of H-pyrrole nitrogens is 1. The van der Waals surface area contributed by atoms with E-state index in [0.29, 0.717) is 0 Å². The second-order valence-corrected chi connectivity index (χ2v) is 12.0. The fourth-order valence-corrected chi connectivity index (χ4v) is 6.17. The molecule has 0 aromatic carbocycles. The maximum Gasteiger partial charge on any atom is 0.694 e. The maximum absolute atomic E-state index is 13.1. The van der Waals surface area contributed by atoms with Crippen molar-refractivity contribution >= 4 is 50.2 Å². The molecule has 0 bridgehead atoms. The van der Waals surface area contributed by atoms with Gasteiger partial charge >= 0.3 is 16.1 Å². The number of nitrogens with two attached hydrogens (primary N) is 2. The average molecular weight is 675 g/mol. The summed E-state index contributed by atoms with van der Waals surface area (Å²) in [4.78, 5) is 54.0. The van der Waals surface area contributed by atoms with E-state index in [1.807, 2.05) is 0 Å². The van der Waals surface area contributed by atoms with Crippen LogP contribution < -0.4 is 17.0 Å². The predicted molar refractivity (Wildman–Crippen MR) is 145 cm³/mol. The molecule has 2 aliphatic heterocycles. The number of hydrogen-bond acceptors (Lipinski definition) is 18. The van der Waals surface area contributed by atoms with Crippen LogP contribution in [0.2, 0.25) is 0 Å². The standard InChI is InChI=1S/C20H24N10O13P2/c21-14-8-15(24-3-23-14)29(4-25-8)18-12(33)10(31)7(41-18)2-40-45(37,38)43-13-11(32)6(1-39-44(35)36)42-19(13)30-5-26-9-16(30)27-20(22)28-17(9)34/h3-7,10-13,18-19,31-33H,1-2H2,(H6-,21,22,23,24,27,28,34,35,36,37,38)/p+1/t6-,7-,10?,11?,12?,13?,18-,19-/m1/s1. The van der Waals surface area contributed by atoms with E-state index < -0.39 is 83.9 Å². The van der Waals surface area contributed by atoms with Gasteiger partial charge in [-0.15, -0.1) is 9.42 Å². The molecule has 2 fully saturated rings. The van der Waals surface area contributed by atoms with Crippen LogP contribution in [0, 0.1) is 0 Å². The third-order valence-electron chi connectivity index (χ3n) is 7.04. The van der Waals surface area contributed by atoms with Crippen LogP contribution in [0.1, 0.15) is 12.5 Å². The van der Waals surface area contributed by atoms with Crippen molar-refractivity contribution in [1.82, 2.24) is 39.0 Å². The number of aliphatic hydroxyl groups excluding tert-OH is 3. The van der Waals surface area contributed by atoms with Gasteiger partial charge in [0, 0.05) is 4.57 Å². The first-order valence-corrected chi connectivity index (χ1v) is 15.4. The molecule has 45 heavy (non-hydrogen) atoms. The summed E-state index contributed by atoms with van der Waals surface area (Å²) in [5.41, 5.74) is 10.8. The summed E-state index contributed by atoms with van der Waals surface area (Å²) in [6.07, 6.45) is -8.73. The molecule has 4 aromatic rings. The van der Waals surface area contributed by atoms with Gasteiger partial charge < -0.3 is 41.2 Å². The smallest absolute Gasteiger partial charge is 0.387 e. The molecule has 0 spiro atoms. The Morgan fingerprint density at radius 2 is 1.62 bits per heavy atom. The molecule has 2 saturated heterocycles. The van der Waals surface area contributed by atoms with E-state index in [1.54, 1.807) is 0 Å². The number of anilines is 2. The van der Waals surface area contributed by atoms with Crippen molar-refractivity contribution in [2.24, 2.45) is 0 Å². The van der Waals surface area contributed by atoms with Crippen LogP contribution in [0.5, 0.6) is 0 Å². The highest BCUT2D eigenvalue weighted by Gasteiger charge is 2.51. The number of imidazole rings is 2. The van der Waals surface area contributed by atoms with Gasteiger partial charge in [-0.2, -0.15) is 4.98 Å². The van der Waals surface area contributed by atoms with Crippen LogP contribution in [0.3, 0.4) is 0 Å². The van der Waals surface area contributed by atoms with Gasteiger partial charge in [-0.3, -0.25) is 28.0 Å². The fourth-order valence-electron chi connectivity index (χ4n) is 4.96. The Labute approximate surface area is 249 Å². The topological polar surface area (TPSA) is 341 Å². The van der Waals surface area contributed by atoms with Crippen molar-refractivity contribution < 1.29 is 57.3 Å². The first kappa shape index (κ1) is 31.4. The molecule has 0 saturated carbocycles. The Morgan fingerprint density at radius 3 is 2.36 bits per heavy atom. The third kappa shape index (κ3) is 5.92. The van der Waals surface area contributed by atoms with E-state index in [1.165, 1.54) is 10.9 Å². The molecule has 0 amide bonds. The second-order valence-electron chi connectivity index (χ2n) is 9.83. The number of hydrogen-bond donors (Lipinski definition) is 8. The lowest BCUT2D eigenvalue weighted by molar-refractivity contribution is -0.0609. The van der Waals surface area contributed by atoms with Crippen molar-refractivity contribution in [3.8, 4) is 0 Å². The first-order valence-electron chi connectivity index (χ1n) is 12.8. The number of nitrogens with one attached hydrogen (secondary N) is 1. The molecule has 6 rings (SSSR count). The molecule has 0 aliphatic carbocycles. The molecule has 6 heterocycles. The Morgan fingerprint density at radius 1 is 0.956 bits per heavy atom. The molecule has 0 radical (unpaired) electrons. The zero-order chi connectivity index (χ0) is 32.2. The molecule has 2 aliphatic rings. The molecule has 10 N–H and O–H groups in total. The van der Waals surface area contributed by atoms with Crippen LogP contribution in [-0.4, -0.2) is 114 Å². The lowest BCUT2D eigenvalue weighted by atomic mass is 10.1. The summed E-state index contributed by atoms with van der Waals surface area (Å²) in [6.45, 7) is -1.44. The van der Waals surface area contributed by atoms with Crippen LogP contribution in [0.25, 0.3) is 22.3 Å². The number of phosphoric ester groups is 1. The van der Waals surface area contributed by atoms with Crippen LogP contribution in [0.4, 0.5) is 11.8 Å². The zero-order valence-corrected chi connectivity index (χ0v) is 24.2. The number of nitrogens with zero attached hydrogens (tertiary/aromatic N) is 7. The highest BCUT2D eigenvalue weighted by Crippen LogP contribution is 2.50. The van der Waals surface area contributed by atoms with Crippen LogP contribution in [-0.2, 0) is 32.2 Å². The molecule has 10 atom stereocenters. The van der Waals surface area contributed by atoms with Gasteiger partial charge in [0.05, 0.1) is 19.3 Å². The lowest BCUT2D eigenvalue weighted by Gasteiger charge is -2.24. The maximum atomic E-state index is 13.1. The van der Waals surface area contributed by atoms with E-state index in [-0.39, 0.29) is 34.1 Å². The highest BCUT2D eigenvalue weighted by atomic mass is 31.2. The van der Waals surface area contributed by atoms with Gasteiger partial charge in [0.25, 0.3) is 5.56 Å². The monoisotopic (exact) mass is 675 g/mol. The van der Waals surface area contributed by atoms with Gasteiger partial charge in [-0.25, -0.2) is 24.5 Å². The average Bonchev–Trinajstić information content (AvgIpc) is 3.73. The molecule has 25 heteroatoms. The third-order valence-corrected chi connectivity index (χ3v) is 8.40. The lowest BCUT2D eigenvalue weighted by Crippen LogP contribution is -2.36. The minimum Gasteiger partial charge on any atom is -0.387 e. The number of aliphatic hydroxyl groups is 3. The number of nitrogen functional groups attached to an aromatic ring is 2.